The van der Waals surface area contributed by atoms with E-state index in [2.05, 4.69) is 31.2 Å². The smallest absolute Gasteiger partial charge is 0.0827 e. The first kappa shape index (κ1) is 13.3. The summed E-state index contributed by atoms with van der Waals surface area (Å²) in [7, 11) is 0. The van der Waals surface area contributed by atoms with Gasteiger partial charge in [0.15, 0.2) is 0 Å². The van der Waals surface area contributed by atoms with E-state index < -0.39 is 0 Å². The molecule has 0 atom stereocenters. The summed E-state index contributed by atoms with van der Waals surface area (Å²) in [6.07, 6.45) is 9.39. The van der Waals surface area contributed by atoms with E-state index in [4.69, 9.17) is 0 Å². The van der Waals surface area contributed by atoms with Gasteiger partial charge >= 0.3 is 0 Å². The Bertz CT molecular complexity index is 369. The Morgan fingerprint density at radius 3 is 2.33 bits per heavy atom. The molecule has 1 aromatic rings. The lowest BCUT2D eigenvalue weighted by Crippen LogP contribution is -2.12. The highest BCUT2D eigenvalue weighted by Gasteiger charge is 2.21. The standard InChI is InChI=1S/C17H23F/c1-2-14-5-9-16(10-6-14)17-11-7-15(8-12-17)4-3-13-18/h3,5-6,9-10,13,15,17H,2,4,7-8,11-12H2,1H3. The lowest BCUT2D eigenvalue weighted by atomic mass is 9.77. The first-order chi connectivity index (χ1) is 8.83. The molecule has 0 radical (unpaired) electrons. The van der Waals surface area contributed by atoms with E-state index in [1.165, 1.54) is 36.8 Å². The molecule has 0 aromatic heterocycles. The largest absolute Gasteiger partial charge is 0.216 e. The summed E-state index contributed by atoms with van der Waals surface area (Å²) in [4.78, 5) is 0. The van der Waals surface area contributed by atoms with Gasteiger partial charge in [-0.05, 0) is 61.5 Å². The zero-order valence-electron chi connectivity index (χ0n) is 11.2. The molecule has 0 amide bonds. The molecule has 1 heteroatoms. The van der Waals surface area contributed by atoms with Crippen molar-refractivity contribution >= 4 is 0 Å². The number of benzene rings is 1. The minimum atomic E-state index is 0.690. The van der Waals surface area contributed by atoms with Crippen LogP contribution in [0.3, 0.4) is 0 Å². The van der Waals surface area contributed by atoms with E-state index in [-0.39, 0.29) is 0 Å². The van der Waals surface area contributed by atoms with Crippen LogP contribution in [0.5, 0.6) is 0 Å². The van der Waals surface area contributed by atoms with Gasteiger partial charge in [-0.25, -0.2) is 4.39 Å². The quantitative estimate of drug-likeness (QED) is 0.667. The second-order valence-corrected chi connectivity index (χ2v) is 5.41. The van der Waals surface area contributed by atoms with E-state index in [9.17, 15) is 4.39 Å². The van der Waals surface area contributed by atoms with Crippen LogP contribution < -0.4 is 0 Å². The zero-order chi connectivity index (χ0) is 12.8. The van der Waals surface area contributed by atoms with Crippen molar-refractivity contribution in [2.24, 2.45) is 5.92 Å². The van der Waals surface area contributed by atoms with Gasteiger partial charge in [-0.1, -0.05) is 37.3 Å². The monoisotopic (exact) mass is 246 g/mol. The number of halogens is 1. The fourth-order valence-electron chi connectivity index (χ4n) is 3.00. The Balaban J connectivity index is 1.88. The van der Waals surface area contributed by atoms with Gasteiger partial charge in [-0.15, -0.1) is 0 Å². The number of aryl methyl sites for hydroxylation is 1. The van der Waals surface area contributed by atoms with Crippen LogP contribution in [0.2, 0.25) is 0 Å². The van der Waals surface area contributed by atoms with Crippen molar-refractivity contribution in [1.82, 2.24) is 0 Å². The van der Waals surface area contributed by atoms with Gasteiger partial charge in [0.05, 0.1) is 6.33 Å². The predicted molar refractivity (Wildman–Crippen MR) is 75.4 cm³/mol. The van der Waals surface area contributed by atoms with Gasteiger partial charge < -0.3 is 0 Å². The Morgan fingerprint density at radius 1 is 1.11 bits per heavy atom. The maximum absolute atomic E-state index is 12.0. The average Bonchev–Trinajstić information content (AvgIpc) is 2.46. The molecule has 0 unspecified atom stereocenters. The maximum atomic E-state index is 12.0. The number of rotatable bonds is 4. The number of allylic oxidation sites excluding steroid dienone is 1. The molecule has 0 bridgehead atoms. The van der Waals surface area contributed by atoms with Crippen LogP contribution in [0.15, 0.2) is 36.7 Å². The van der Waals surface area contributed by atoms with Crippen LogP contribution in [0, 0.1) is 5.92 Å². The SMILES string of the molecule is CCc1ccc(C2CCC(CC=CF)CC2)cc1. The van der Waals surface area contributed by atoms with Gasteiger partial charge in [0.2, 0.25) is 0 Å². The van der Waals surface area contributed by atoms with Crippen molar-refractivity contribution < 1.29 is 4.39 Å². The minimum Gasteiger partial charge on any atom is -0.216 e. The van der Waals surface area contributed by atoms with E-state index >= 15 is 0 Å². The summed E-state index contributed by atoms with van der Waals surface area (Å²) < 4.78 is 12.0. The van der Waals surface area contributed by atoms with Crippen LogP contribution in [-0.4, -0.2) is 0 Å². The van der Waals surface area contributed by atoms with Crippen LogP contribution in [0.4, 0.5) is 4.39 Å². The molecule has 1 aliphatic rings. The lowest BCUT2D eigenvalue weighted by molar-refractivity contribution is 0.327. The second kappa shape index (κ2) is 6.72. The molecule has 1 saturated carbocycles. The zero-order valence-corrected chi connectivity index (χ0v) is 11.2. The molecule has 0 N–H and O–H groups in total. The van der Waals surface area contributed by atoms with E-state index in [1.54, 1.807) is 6.08 Å². The minimum absolute atomic E-state index is 0.690. The first-order valence-corrected chi connectivity index (χ1v) is 7.17. The molecule has 1 aromatic carbocycles. The van der Waals surface area contributed by atoms with Crippen molar-refractivity contribution in [2.75, 3.05) is 0 Å². The van der Waals surface area contributed by atoms with Crippen LogP contribution >= 0.6 is 0 Å². The summed E-state index contributed by atoms with van der Waals surface area (Å²) in [5.74, 6) is 1.42. The molecule has 1 fully saturated rings. The Morgan fingerprint density at radius 2 is 1.78 bits per heavy atom. The third-order valence-electron chi connectivity index (χ3n) is 4.26. The maximum Gasteiger partial charge on any atom is 0.0827 e. The Labute approximate surface area is 110 Å². The van der Waals surface area contributed by atoms with Gasteiger partial charge in [0, 0.05) is 0 Å². The Kier molecular flexibility index (Phi) is 4.98. The second-order valence-electron chi connectivity index (χ2n) is 5.41. The molecule has 0 saturated heterocycles. The van der Waals surface area contributed by atoms with E-state index in [1.807, 2.05) is 0 Å². The summed E-state index contributed by atoms with van der Waals surface area (Å²) in [5, 5.41) is 0. The van der Waals surface area contributed by atoms with Crippen molar-refractivity contribution in [3.05, 3.63) is 47.8 Å². The summed E-state index contributed by atoms with van der Waals surface area (Å²) >= 11 is 0. The van der Waals surface area contributed by atoms with Gasteiger partial charge in [0.1, 0.15) is 0 Å². The highest BCUT2D eigenvalue weighted by Crippen LogP contribution is 2.37. The van der Waals surface area contributed by atoms with Gasteiger partial charge in [0.25, 0.3) is 0 Å². The molecule has 2 rings (SSSR count). The number of hydrogen-bond acceptors (Lipinski definition) is 0. The molecule has 0 aliphatic heterocycles. The van der Waals surface area contributed by atoms with E-state index in [0.717, 1.165) is 18.8 Å². The molecular weight excluding hydrogens is 223 g/mol. The lowest BCUT2D eigenvalue weighted by Gasteiger charge is -2.28. The molecule has 18 heavy (non-hydrogen) atoms. The highest BCUT2D eigenvalue weighted by atomic mass is 19.1. The van der Waals surface area contributed by atoms with Crippen molar-refractivity contribution in [2.45, 2.75) is 51.4 Å². The summed E-state index contributed by atoms with van der Waals surface area (Å²) in [6, 6.07) is 9.11. The number of hydrogen-bond donors (Lipinski definition) is 0. The van der Waals surface area contributed by atoms with Gasteiger partial charge in [-0.2, -0.15) is 0 Å². The van der Waals surface area contributed by atoms with E-state index in [0.29, 0.717) is 12.2 Å². The molecule has 0 heterocycles. The topological polar surface area (TPSA) is 0 Å². The van der Waals surface area contributed by atoms with Crippen molar-refractivity contribution in [1.29, 1.82) is 0 Å². The molecule has 0 nitrogen and oxygen atoms in total. The first-order valence-electron chi connectivity index (χ1n) is 7.17. The van der Waals surface area contributed by atoms with Crippen molar-refractivity contribution in [3.63, 3.8) is 0 Å². The summed E-state index contributed by atoms with van der Waals surface area (Å²) in [5.41, 5.74) is 2.91. The predicted octanol–water partition coefficient (Wildman–Crippen LogP) is 5.40. The van der Waals surface area contributed by atoms with Crippen LogP contribution in [0.1, 0.15) is 56.1 Å². The Hall–Kier alpha value is -1.11. The molecule has 98 valence electrons. The fourth-order valence-corrected chi connectivity index (χ4v) is 3.00. The average molecular weight is 246 g/mol. The molecule has 0 spiro atoms. The van der Waals surface area contributed by atoms with Crippen LogP contribution in [-0.2, 0) is 6.42 Å². The van der Waals surface area contributed by atoms with Crippen LogP contribution in [0.25, 0.3) is 0 Å². The van der Waals surface area contributed by atoms with Crippen molar-refractivity contribution in [3.8, 4) is 0 Å². The molecule has 1 aliphatic carbocycles. The summed E-state index contributed by atoms with van der Waals surface area (Å²) in [6.45, 7) is 2.19. The third-order valence-corrected chi connectivity index (χ3v) is 4.26. The third kappa shape index (κ3) is 3.44. The molecular formula is C17H23F. The van der Waals surface area contributed by atoms with Gasteiger partial charge in [-0.3, -0.25) is 0 Å². The normalized spacial score (nSPS) is 24.6. The fraction of sp³-hybridized carbons (Fsp3) is 0.529. The highest BCUT2D eigenvalue weighted by molar-refractivity contribution is 5.25.